The summed E-state index contributed by atoms with van der Waals surface area (Å²) < 4.78 is 23.5. The molecule has 3 rings (SSSR count). The van der Waals surface area contributed by atoms with Crippen LogP contribution in [0.4, 0.5) is 5.69 Å². The second-order valence-corrected chi connectivity index (χ2v) is 9.29. The van der Waals surface area contributed by atoms with Crippen LogP contribution in [0.5, 0.6) is 0 Å². The van der Waals surface area contributed by atoms with E-state index in [1.807, 2.05) is 0 Å². The van der Waals surface area contributed by atoms with Crippen molar-refractivity contribution in [3.8, 4) is 0 Å². The number of anilines is 1. The number of hydrogen-bond donors (Lipinski definition) is 3. The van der Waals surface area contributed by atoms with E-state index in [2.05, 4.69) is 10.6 Å². The first-order valence-electron chi connectivity index (χ1n) is 9.11. The van der Waals surface area contributed by atoms with Gasteiger partial charge >= 0.3 is 0 Å². The van der Waals surface area contributed by atoms with E-state index >= 15 is 0 Å². The van der Waals surface area contributed by atoms with Crippen molar-refractivity contribution >= 4 is 27.3 Å². The van der Waals surface area contributed by atoms with Gasteiger partial charge in [-0.3, -0.25) is 10.2 Å². The summed E-state index contributed by atoms with van der Waals surface area (Å²) in [5.74, 6) is 0.878. The SMILES string of the molecule is CC(=O)N1CCC(NCC2CC2)=C(C(=N)Nc2cccc(S(C)(=O)=O)c2)C1. The van der Waals surface area contributed by atoms with Gasteiger partial charge in [0.05, 0.1) is 11.4 Å². The molecule has 8 heteroatoms. The van der Waals surface area contributed by atoms with Crippen molar-refractivity contribution in [2.45, 2.75) is 31.1 Å². The first-order valence-corrected chi connectivity index (χ1v) is 11.0. The van der Waals surface area contributed by atoms with Gasteiger partial charge in [0.15, 0.2) is 9.84 Å². The number of amides is 1. The second-order valence-electron chi connectivity index (χ2n) is 7.27. The second kappa shape index (κ2) is 7.72. The molecule has 0 bridgehead atoms. The van der Waals surface area contributed by atoms with Gasteiger partial charge in [0, 0.05) is 49.6 Å². The van der Waals surface area contributed by atoms with Crippen LogP contribution in [0.1, 0.15) is 26.2 Å². The first-order chi connectivity index (χ1) is 12.7. The standard InChI is InChI=1S/C19H26N4O3S/c1-13(24)23-9-8-18(21-11-14-6-7-14)17(12-23)19(20)22-15-4-3-5-16(10-15)27(2,25)26/h3-5,10,14,21H,6-9,11-12H2,1-2H3,(H2,20,22). The molecule has 1 aromatic rings. The van der Waals surface area contributed by atoms with Crippen molar-refractivity contribution in [1.82, 2.24) is 10.2 Å². The number of nitrogens with zero attached hydrogens (tertiary/aromatic N) is 1. The molecule has 1 aliphatic carbocycles. The third-order valence-electron chi connectivity index (χ3n) is 4.92. The minimum atomic E-state index is -3.32. The zero-order valence-electron chi connectivity index (χ0n) is 15.7. The Kier molecular flexibility index (Phi) is 5.55. The maximum absolute atomic E-state index is 11.8. The first kappa shape index (κ1) is 19.4. The number of hydrogen-bond acceptors (Lipinski definition) is 5. The zero-order chi connectivity index (χ0) is 19.6. The van der Waals surface area contributed by atoms with Gasteiger partial charge in [-0.05, 0) is 37.0 Å². The van der Waals surface area contributed by atoms with Gasteiger partial charge in [0.2, 0.25) is 5.91 Å². The Bertz CT molecular complexity index is 888. The fraction of sp³-hybridized carbons (Fsp3) is 0.474. The van der Waals surface area contributed by atoms with Crippen molar-refractivity contribution in [2.24, 2.45) is 5.92 Å². The van der Waals surface area contributed by atoms with E-state index in [0.29, 0.717) is 31.1 Å². The molecule has 0 radical (unpaired) electrons. The van der Waals surface area contributed by atoms with E-state index in [1.54, 1.807) is 17.0 Å². The molecule has 2 aliphatic rings. The number of nitrogens with one attached hydrogen (secondary N) is 3. The highest BCUT2D eigenvalue weighted by Crippen LogP contribution is 2.29. The molecule has 0 spiro atoms. The number of benzene rings is 1. The molecular formula is C19H26N4O3S. The number of carbonyl (C=O) groups excluding carboxylic acids is 1. The Labute approximate surface area is 160 Å². The Morgan fingerprint density at radius 2 is 2.07 bits per heavy atom. The van der Waals surface area contributed by atoms with Crippen molar-refractivity contribution in [3.05, 3.63) is 35.5 Å². The molecule has 1 amide bonds. The molecule has 1 fully saturated rings. The molecule has 146 valence electrons. The van der Waals surface area contributed by atoms with E-state index in [1.165, 1.54) is 31.9 Å². The lowest BCUT2D eigenvalue weighted by molar-refractivity contribution is -0.128. The smallest absolute Gasteiger partial charge is 0.219 e. The van der Waals surface area contributed by atoms with Gasteiger partial charge < -0.3 is 15.5 Å². The van der Waals surface area contributed by atoms with Crippen LogP contribution in [0.25, 0.3) is 0 Å². The molecule has 1 saturated carbocycles. The van der Waals surface area contributed by atoms with Crippen molar-refractivity contribution in [1.29, 1.82) is 5.41 Å². The Balaban J connectivity index is 1.80. The Hall–Kier alpha value is -2.35. The van der Waals surface area contributed by atoms with Gasteiger partial charge in [-0.15, -0.1) is 0 Å². The van der Waals surface area contributed by atoms with Crippen LogP contribution in [0.3, 0.4) is 0 Å². The van der Waals surface area contributed by atoms with E-state index in [9.17, 15) is 13.2 Å². The van der Waals surface area contributed by atoms with Crippen LogP contribution in [0.15, 0.2) is 40.4 Å². The molecular weight excluding hydrogens is 364 g/mol. The minimum absolute atomic E-state index is 0.0133. The van der Waals surface area contributed by atoms with Gasteiger partial charge in [-0.1, -0.05) is 6.07 Å². The quantitative estimate of drug-likeness (QED) is 0.509. The van der Waals surface area contributed by atoms with Gasteiger partial charge in [-0.2, -0.15) is 0 Å². The largest absolute Gasteiger partial charge is 0.388 e. The predicted octanol–water partition coefficient (Wildman–Crippen LogP) is 1.99. The Morgan fingerprint density at radius 1 is 1.33 bits per heavy atom. The van der Waals surface area contributed by atoms with Crippen LogP contribution in [0, 0.1) is 11.3 Å². The summed E-state index contributed by atoms with van der Waals surface area (Å²) in [7, 11) is -3.32. The third-order valence-corrected chi connectivity index (χ3v) is 6.03. The predicted molar refractivity (Wildman–Crippen MR) is 106 cm³/mol. The van der Waals surface area contributed by atoms with E-state index in [0.717, 1.165) is 24.1 Å². The highest BCUT2D eigenvalue weighted by molar-refractivity contribution is 7.90. The summed E-state index contributed by atoms with van der Waals surface area (Å²) in [6.45, 7) is 3.45. The molecule has 0 unspecified atom stereocenters. The maximum atomic E-state index is 11.8. The van der Waals surface area contributed by atoms with Crippen LogP contribution >= 0.6 is 0 Å². The number of carbonyl (C=O) groups is 1. The molecule has 27 heavy (non-hydrogen) atoms. The highest BCUT2D eigenvalue weighted by Gasteiger charge is 2.26. The summed E-state index contributed by atoms with van der Waals surface area (Å²) in [4.78, 5) is 13.7. The van der Waals surface area contributed by atoms with Crippen LogP contribution in [-0.2, 0) is 14.6 Å². The average Bonchev–Trinajstić information content (AvgIpc) is 3.43. The lowest BCUT2D eigenvalue weighted by atomic mass is 10.0. The van der Waals surface area contributed by atoms with E-state index < -0.39 is 9.84 Å². The average molecular weight is 391 g/mol. The molecule has 3 N–H and O–H groups in total. The Morgan fingerprint density at radius 3 is 2.70 bits per heavy atom. The molecule has 7 nitrogen and oxygen atoms in total. The summed E-state index contributed by atoms with van der Waals surface area (Å²) >= 11 is 0. The summed E-state index contributed by atoms with van der Waals surface area (Å²) in [5, 5.41) is 15.0. The highest BCUT2D eigenvalue weighted by atomic mass is 32.2. The monoisotopic (exact) mass is 390 g/mol. The molecule has 1 aliphatic heterocycles. The van der Waals surface area contributed by atoms with Crippen LogP contribution in [-0.4, -0.2) is 51.0 Å². The normalized spacial score (nSPS) is 17.6. The van der Waals surface area contributed by atoms with Gasteiger partial charge in [-0.25, -0.2) is 8.42 Å². The summed E-state index contributed by atoms with van der Waals surface area (Å²) in [6.07, 6.45) is 4.33. The van der Waals surface area contributed by atoms with Crippen molar-refractivity contribution in [2.75, 3.05) is 31.2 Å². The van der Waals surface area contributed by atoms with E-state index in [-0.39, 0.29) is 16.6 Å². The molecule has 1 heterocycles. The lowest BCUT2D eigenvalue weighted by Crippen LogP contribution is -2.41. The summed E-state index contributed by atoms with van der Waals surface area (Å²) in [5.41, 5.74) is 2.29. The number of sulfone groups is 1. The number of amidine groups is 1. The third kappa shape index (κ3) is 5.09. The molecule has 0 saturated heterocycles. The minimum Gasteiger partial charge on any atom is -0.388 e. The summed E-state index contributed by atoms with van der Waals surface area (Å²) in [6, 6.07) is 6.43. The number of rotatable bonds is 6. The maximum Gasteiger partial charge on any atom is 0.219 e. The molecule has 0 aromatic heterocycles. The molecule has 1 aromatic carbocycles. The fourth-order valence-corrected chi connectivity index (χ4v) is 3.74. The fourth-order valence-electron chi connectivity index (χ4n) is 3.07. The van der Waals surface area contributed by atoms with Crippen LogP contribution in [0.2, 0.25) is 0 Å². The van der Waals surface area contributed by atoms with Crippen LogP contribution < -0.4 is 10.6 Å². The van der Waals surface area contributed by atoms with E-state index in [4.69, 9.17) is 5.41 Å². The van der Waals surface area contributed by atoms with Gasteiger partial charge in [0.25, 0.3) is 0 Å². The zero-order valence-corrected chi connectivity index (χ0v) is 16.5. The lowest BCUT2D eigenvalue weighted by Gasteiger charge is -2.31. The topological polar surface area (TPSA) is 102 Å². The van der Waals surface area contributed by atoms with Crippen molar-refractivity contribution < 1.29 is 13.2 Å². The van der Waals surface area contributed by atoms with Crippen molar-refractivity contribution in [3.63, 3.8) is 0 Å². The molecule has 0 atom stereocenters. The van der Waals surface area contributed by atoms with Gasteiger partial charge in [0.1, 0.15) is 5.84 Å².